The molecule has 0 spiro atoms. The maximum absolute atomic E-state index is 11.9. The van der Waals surface area contributed by atoms with Crippen molar-refractivity contribution in [3.8, 4) is 11.5 Å². The van der Waals surface area contributed by atoms with Crippen molar-refractivity contribution < 1.29 is 15.0 Å². The largest absolute Gasteiger partial charge is 0.504 e. The molecule has 20 heavy (non-hydrogen) atoms. The lowest BCUT2D eigenvalue weighted by Crippen LogP contribution is -2.25. The molecule has 0 unspecified atom stereocenters. The van der Waals surface area contributed by atoms with Crippen LogP contribution in [0.1, 0.15) is 15.9 Å². The van der Waals surface area contributed by atoms with Crippen LogP contribution in [-0.2, 0) is 6.42 Å². The zero-order valence-electron chi connectivity index (χ0n) is 10.6. The van der Waals surface area contributed by atoms with Gasteiger partial charge in [0, 0.05) is 16.6 Å². The van der Waals surface area contributed by atoms with Gasteiger partial charge in [-0.15, -0.1) is 0 Å². The molecule has 3 N–H and O–H groups in total. The molecular formula is C15H14BrNO3. The zero-order chi connectivity index (χ0) is 14.5. The Kier molecular flexibility index (Phi) is 4.63. The zero-order valence-corrected chi connectivity index (χ0v) is 12.2. The van der Waals surface area contributed by atoms with E-state index in [4.69, 9.17) is 0 Å². The van der Waals surface area contributed by atoms with Gasteiger partial charge in [-0.2, -0.15) is 0 Å². The smallest absolute Gasteiger partial charge is 0.251 e. The van der Waals surface area contributed by atoms with Crippen molar-refractivity contribution in [2.24, 2.45) is 0 Å². The summed E-state index contributed by atoms with van der Waals surface area (Å²) >= 11 is 3.32. The molecule has 0 aromatic heterocycles. The molecule has 0 fully saturated rings. The molecule has 1 amide bonds. The average Bonchev–Trinajstić information content (AvgIpc) is 2.42. The number of hydrogen-bond acceptors (Lipinski definition) is 3. The summed E-state index contributed by atoms with van der Waals surface area (Å²) in [4.78, 5) is 11.9. The summed E-state index contributed by atoms with van der Waals surface area (Å²) in [6.45, 7) is 0.454. The number of aromatic hydroxyl groups is 2. The predicted molar refractivity (Wildman–Crippen MR) is 80.0 cm³/mol. The maximum atomic E-state index is 11.9. The second kappa shape index (κ2) is 6.43. The minimum absolute atomic E-state index is 0.144. The molecular weight excluding hydrogens is 322 g/mol. The number of halogens is 1. The topological polar surface area (TPSA) is 69.6 Å². The molecule has 0 aliphatic heterocycles. The number of phenols is 2. The summed E-state index contributed by atoms with van der Waals surface area (Å²) in [5.74, 6) is -0.443. The fourth-order valence-electron chi connectivity index (χ4n) is 1.78. The Hall–Kier alpha value is -2.01. The summed E-state index contributed by atoms with van der Waals surface area (Å²) in [7, 11) is 0. The highest BCUT2D eigenvalue weighted by Gasteiger charge is 2.06. The standard InChI is InChI=1S/C15H14BrNO3/c16-12-3-1-2-11(9-12)15(20)17-7-6-10-4-5-13(18)14(19)8-10/h1-5,8-9,18-19H,6-7H2,(H,17,20). The Morgan fingerprint density at radius 2 is 1.90 bits per heavy atom. The SMILES string of the molecule is O=C(NCCc1ccc(O)c(O)c1)c1cccc(Br)c1. The molecule has 0 heterocycles. The molecule has 0 saturated carbocycles. The molecule has 0 radical (unpaired) electrons. The van der Waals surface area contributed by atoms with Gasteiger partial charge in [0.15, 0.2) is 11.5 Å². The lowest BCUT2D eigenvalue weighted by Gasteiger charge is -2.06. The number of phenolic OH excluding ortho intramolecular Hbond substituents is 2. The van der Waals surface area contributed by atoms with E-state index in [0.29, 0.717) is 18.5 Å². The van der Waals surface area contributed by atoms with Gasteiger partial charge >= 0.3 is 0 Å². The average molecular weight is 336 g/mol. The van der Waals surface area contributed by atoms with E-state index in [1.54, 1.807) is 24.3 Å². The first-order valence-corrected chi connectivity index (χ1v) is 6.90. The van der Waals surface area contributed by atoms with E-state index in [-0.39, 0.29) is 17.4 Å². The minimum Gasteiger partial charge on any atom is -0.504 e. The molecule has 0 aliphatic carbocycles. The van der Waals surface area contributed by atoms with Gasteiger partial charge in [0.05, 0.1) is 0 Å². The van der Waals surface area contributed by atoms with Gasteiger partial charge in [-0.05, 0) is 42.3 Å². The molecule has 2 aromatic carbocycles. The highest BCUT2D eigenvalue weighted by molar-refractivity contribution is 9.10. The highest BCUT2D eigenvalue weighted by Crippen LogP contribution is 2.24. The quantitative estimate of drug-likeness (QED) is 0.752. The third kappa shape index (κ3) is 3.74. The van der Waals surface area contributed by atoms with Gasteiger partial charge in [0.1, 0.15) is 0 Å². The van der Waals surface area contributed by atoms with Crippen molar-refractivity contribution in [2.75, 3.05) is 6.54 Å². The van der Waals surface area contributed by atoms with Crippen LogP contribution in [0.15, 0.2) is 46.9 Å². The lowest BCUT2D eigenvalue weighted by molar-refractivity contribution is 0.0954. The van der Waals surface area contributed by atoms with E-state index in [1.165, 1.54) is 12.1 Å². The Morgan fingerprint density at radius 3 is 2.60 bits per heavy atom. The van der Waals surface area contributed by atoms with Crippen LogP contribution >= 0.6 is 15.9 Å². The summed E-state index contributed by atoms with van der Waals surface area (Å²) in [6, 6.07) is 11.8. The normalized spacial score (nSPS) is 10.2. The summed E-state index contributed by atoms with van der Waals surface area (Å²) in [5, 5.41) is 21.4. The summed E-state index contributed by atoms with van der Waals surface area (Å²) in [6.07, 6.45) is 0.577. The van der Waals surface area contributed by atoms with Crippen molar-refractivity contribution in [1.29, 1.82) is 0 Å². The number of carbonyl (C=O) groups excluding carboxylic acids is 1. The van der Waals surface area contributed by atoms with Crippen molar-refractivity contribution in [3.63, 3.8) is 0 Å². The molecule has 0 aliphatic rings. The molecule has 104 valence electrons. The van der Waals surface area contributed by atoms with E-state index >= 15 is 0 Å². The Morgan fingerprint density at radius 1 is 1.10 bits per heavy atom. The fourth-order valence-corrected chi connectivity index (χ4v) is 2.18. The van der Waals surface area contributed by atoms with Crippen LogP contribution in [0.25, 0.3) is 0 Å². The van der Waals surface area contributed by atoms with Crippen molar-refractivity contribution in [3.05, 3.63) is 58.1 Å². The summed E-state index contributed by atoms with van der Waals surface area (Å²) in [5.41, 5.74) is 1.43. The van der Waals surface area contributed by atoms with E-state index in [9.17, 15) is 15.0 Å². The molecule has 2 aromatic rings. The van der Waals surface area contributed by atoms with Gasteiger partial charge in [0.2, 0.25) is 0 Å². The Balaban J connectivity index is 1.89. The minimum atomic E-state index is -0.152. The second-order valence-electron chi connectivity index (χ2n) is 4.34. The first-order chi connectivity index (χ1) is 9.56. The van der Waals surface area contributed by atoms with Crippen molar-refractivity contribution in [1.82, 2.24) is 5.32 Å². The third-order valence-electron chi connectivity index (χ3n) is 2.83. The highest BCUT2D eigenvalue weighted by atomic mass is 79.9. The molecule has 0 saturated heterocycles. The Bertz CT molecular complexity index is 628. The molecule has 5 heteroatoms. The number of hydrogen-bond donors (Lipinski definition) is 3. The van der Waals surface area contributed by atoms with E-state index in [1.807, 2.05) is 6.07 Å². The summed E-state index contributed by atoms with van der Waals surface area (Å²) < 4.78 is 0.855. The number of carbonyl (C=O) groups is 1. The van der Waals surface area contributed by atoms with Crippen LogP contribution in [0, 0.1) is 0 Å². The van der Waals surface area contributed by atoms with Gasteiger partial charge in [0.25, 0.3) is 5.91 Å². The molecule has 4 nitrogen and oxygen atoms in total. The van der Waals surface area contributed by atoms with Crippen LogP contribution < -0.4 is 5.32 Å². The van der Waals surface area contributed by atoms with Crippen molar-refractivity contribution in [2.45, 2.75) is 6.42 Å². The molecule has 2 rings (SSSR count). The number of amides is 1. The van der Waals surface area contributed by atoms with Gasteiger partial charge in [-0.25, -0.2) is 0 Å². The van der Waals surface area contributed by atoms with Crippen LogP contribution in [0.3, 0.4) is 0 Å². The maximum Gasteiger partial charge on any atom is 0.251 e. The Labute approximate surface area is 125 Å². The molecule has 0 atom stereocenters. The van der Waals surface area contributed by atoms with Crippen LogP contribution in [0.4, 0.5) is 0 Å². The monoisotopic (exact) mass is 335 g/mol. The number of nitrogens with one attached hydrogen (secondary N) is 1. The van der Waals surface area contributed by atoms with E-state index < -0.39 is 0 Å². The first-order valence-electron chi connectivity index (χ1n) is 6.11. The van der Waals surface area contributed by atoms with Gasteiger partial charge < -0.3 is 15.5 Å². The van der Waals surface area contributed by atoms with E-state index in [2.05, 4.69) is 21.2 Å². The van der Waals surface area contributed by atoms with Gasteiger partial charge in [-0.3, -0.25) is 4.79 Å². The first kappa shape index (κ1) is 14.4. The van der Waals surface area contributed by atoms with E-state index in [0.717, 1.165) is 10.0 Å². The van der Waals surface area contributed by atoms with Crippen molar-refractivity contribution >= 4 is 21.8 Å². The van der Waals surface area contributed by atoms with Crippen LogP contribution in [0.2, 0.25) is 0 Å². The number of rotatable bonds is 4. The lowest BCUT2D eigenvalue weighted by atomic mass is 10.1. The number of benzene rings is 2. The second-order valence-corrected chi connectivity index (χ2v) is 5.25. The fraction of sp³-hybridized carbons (Fsp3) is 0.133. The van der Waals surface area contributed by atoms with Gasteiger partial charge in [-0.1, -0.05) is 28.1 Å². The molecule has 0 bridgehead atoms. The predicted octanol–water partition coefficient (Wildman–Crippen LogP) is 2.83. The third-order valence-corrected chi connectivity index (χ3v) is 3.32. The van der Waals surface area contributed by atoms with Crippen LogP contribution in [0.5, 0.6) is 11.5 Å². The van der Waals surface area contributed by atoms with Crippen LogP contribution in [-0.4, -0.2) is 22.7 Å².